The molecule has 1 amide bonds. The molecule has 1 N–H and O–H groups in total. The van der Waals surface area contributed by atoms with Gasteiger partial charge in [-0.2, -0.15) is 0 Å². The second kappa shape index (κ2) is 3.81. The number of ether oxygens (including phenoxy) is 1. The summed E-state index contributed by atoms with van der Waals surface area (Å²) in [5.74, 6) is 1.13. The Labute approximate surface area is 101 Å². The van der Waals surface area contributed by atoms with Gasteiger partial charge in [0.2, 0.25) is 0 Å². The number of carbonyl (C=O) groups is 1. The first-order valence-corrected chi connectivity index (χ1v) is 6.68. The van der Waals surface area contributed by atoms with Crippen molar-refractivity contribution in [1.82, 2.24) is 10.2 Å². The van der Waals surface area contributed by atoms with Crippen LogP contribution in [-0.4, -0.2) is 46.3 Å². The Morgan fingerprint density at radius 2 is 2.12 bits per heavy atom. The molecule has 1 unspecified atom stereocenters. The number of nitrogens with zero attached hydrogens (tertiary/aromatic N) is 1. The molecule has 2 heterocycles. The van der Waals surface area contributed by atoms with Crippen LogP contribution in [0, 0.1) is 0 Å². The maximum atomic E-state index is 11.7. The predicted octanol–water partition coefficient (Wildman–Crippen LogP) is 1.66. The zero-order valence-electron chi connectivity index (χ0n) is 10.4. The Bertz CT molecular complexity index is 295. The standard InChI is InChI=1S/C11H20N2O2S/c1-8-5-16-11(12-8)6-13(7-11)9(14)15-10(2,3)4/h8,12H,5-7H2,1-4H3. The summed E-state index contributed by atoms with van der Waals surface area (Å²) < 4.78 is 5.32. The molecule has 0 aromatic rings. The second-order valence-corrected chi connectivity index (χ2v) is 7.09. The molecule has 0 bridgehead atoms. The largest absolute Gasteiger partial charge is 0.444 e. The van der Waals surface area contributed by atoms with Gasteiger partial charge in [0, 0.05) is 11.8 Å². The smallest absolute Gasteiger partial charge is 0.410 e. The Kier molecular flexibility index (Phi) is 2.87. The molecule has 0 aromatic heterocycles. The molecule has 92 valence electrons. The molecular formula is C11H20N2O2S. The zero-order valence-corrected chi connectivity index (χ0v) is 11.2. The van der Waals surface area contributed by atoms with Crippen LogP contribution in [0.2, 0.25) is 0 Å². The van der Waals surface area contributed by atoms with E-state index in [9.17, 15) is 4.79 Å². The molecule has 2 aliphatic heterocycles. The topological polar surface area (TPSA) is 41.6 Å². The van der Waals surface area contributed by atoms with Gasteiger partial charge in [0.15, 0.2) is 0 Å². The molecule has 2 rings (SSSR count). The van der Waals surface area contributed by atoms with Crippen molar-refractivity contribution in [2.75, 3.05) is 18.8 Å². The highest BCUT2D eigenvalue weighted by molar-refractivity contribution is 8.01. The van der Waals surface area contributed by atoms with Crippen molar-refractivity contribution in [3.05, 3.63) is 0 Å². The maximum Gasteiger partial charge on any atom is 0.410 e. The minimum absolute atomic E-state index is 0.107. The SMILES string of the molecule is CC1CSC2(CN(C(=O)OC(C)(C)C)C2)N1. The van der Waals surface area contributed by atoms with E-state index in [4.69, 9.17) is 4.74 Å². The van der Waals surface area contributed by atoms with Crippen LogP contribution in [-0.2, 0) is 4.74 Å². The van der Waals surface area contributed by atoms with Crippen molar-refractivity contribution in [3.63, 3.8) is 0 Å². The lowest BCUT2D eigenvalue weighted by Gasteiger charge is -2.47. The quantitative estimate of drug-likeness (QED) is 0.703. The van der Waals surface area contributed by atoms with E-state index >= 15 is 0 Å². The fourth-order valence-electron chi connectivity index (χ4n) is 2.03. The van der Waals surface area contributed by atoms with Crippen molar-refractivity contribution in [1.29, 1.82) is 0 Å². The maximum absolute atomic E-state index is 11.7. The van der Waals surface area contributed by atoms with Gasteiger partial charge in [0.05, 0.1) is 13.1 Å². The van der Waals surface area contributed by atoms with Gasteiger partial charge in [0.1, 0.15) is 10.5 Å². The van der Waals surface area contributed by atoms with Crippen molar-refractivity contribution < 1.29 is 9.53 Å². The second-order valence-electron chi connectivity index (χ2n) is 5.69. The van der Waals surface area contributed by atoms with Crippen molar-refractivity contribution in [3.8, 4) is 0 Å². The first-order chi connectivity index (χ1) is 7.30. The monoisotopic (exact) mass is 244 g/mol. The highest BCUT2D eigenvalue weighted by atomic mass is 32.2. The van der Waals surface area contributed by atoms with Gasteiger partial charge in [-0.3, -0.25) is 5.32 Å². The van der Waals surface area contributed by atoms with Crippen molar-refractivity contribution in [2.24, 2.45) is 0 Å². The summed E-state index contributed by atoms with van der Waals surface area (Å²) in [6.07, 6.45) is -0.194. The number of thioether (sulfide) groups is 1. The van der Waals surface area contributed by atoms with Crippen LogP contribution in [0.15, 0.2) is 0 Å². The first kappa shape index (κ1) is 12.0. The van der Waals surface area contributed by atoms with E-state index in [0.717, 1.165) is 18.8 Å². The van der Waals surface area contributed by atoms with Gasteiger partial charge in [-0.05, 0) is 27.7 Å². The molecule has 0 aliphatic carbocycles. The fraction of sp³-hybridized carbons (Fsp3) is 0.909. The van der Waals surface area contributed by atoms with Gasteiger partial charge in [-0.25, -0.2) is 4.79 Å². The highest BCUT2D eigenvalue weighted by Gasteiger charge is 2.50. The lowest BCUT2D eigenvalue weighted by molar-refractivity contribution is 0.000970. The summed E-state index contributed by atoms with van der Waals surface area (Å²) in [6.45, 7) is 9.38. The third kappa shape index (κ3) is 2.46. The van der Waals surface area contributed by atoms with Crippen molar-refractivity contribution in [2.45, 2.75) is 44.2 Å². The van der Waals surface area contributed by atoms with Crippen LogP contribution in [0.25, 0.3) is 0 Å². The van der Waals surface area contributed by atoms with E-state index in [1.165, 1.54) is 0 Å². The number of carbonyl (C=O) groups excluding carboxylic acids is 1. The lowest BCUT2D eigenvalue weighted by Crippen LogP contribution is -2.67. The predicted molar refractivity (Wildman–Crippen MR) is 65.6 cm³/mol. The van der Waals surface area contributed by atoms with Crippen LogP contribution in [0.3, 0.4) is 0 Å². The van der Waals surface area contributed by atoms with Crippen molar-refractivity contribution >= 4 is 17.9 Å². The van der Waals surface area contributed by atoms with Crippen LogP contribution in [0.1, 0.15) is 27.7 Å². The third-order valence-electron chi connectivity index (χ3n) is 2.66. The number of nitrogens with one attached hydrogen (secondary N) is 1. The highest BCUT2D eigenvalue weighted by Crippen LogP contribution is 2.38. The molecule has 0 radical (unpaired) electrons. The van der Waals surface area contributed by atoms with E-state index in [1.54, 1.807) is 4.90 Å². The minimum atomic E-state index is -0.399. The van der Waals surface area contributed by atoms with E-state index in [-0.39, 0.29) is 11.0 Å². The average molecular weight is 244 g/mol. The Morgan fingerprint density at radius 3 is 2.56 bits per heavy atom. The van der Waals surface area contributed by atoms with E-state index < -0.39 is 5.60 Å². The van der Waals surface area contributed by atoms with E-state index in [2.05, 4.69) is 12.2 Å². The molecule has 1 atom stereocenters. The minimum Gasteiger partial charge on any atom is -0.444 e. The van der Waals surface area contributed by atoms with Gasteiger partial charge < -0.3 is 9.64 Å². The summed E-state index contributed by atoms with van der Waals surface area (Å²) in [5.41, 5.74) is -0.399. The van der Waals surface area contributed by atoms with E-state index in [1.807, 2.05) is 32.5 Å². The molecular weight excluding hydrogens is 224 g/mol. The summed E-state index contributed by atoms with van der Waals surface area (Å²) in [7, 11) is 0. The van der Waals surface area contributed by atoms with Crippen LogP contribution >= 0.6 is 11.8 Å². The Balaban J connectivity index is 1.82. The Hall–Kier alpha value is -0.420. The molecule has 4 nitrogen and oxygen atoms in total. The fourth-order valence-corrected chi connectivity index (χ4v) is 3.46. The lowest BCUT2D eigenvalue weighted by atomic mass is 10.1. The summed E-state index contributed by atoms with van der Waals surface area (Å²) in [5, 5.41) is 3.53. The average Bonchev–Trinajstić information content (AvgIpc) is 2.41. The Morgan fingerprint density at radius 1 is 1.50 bits per heavy atom. The summed E-state index contributed by atoms with van der Waals surface area (Å²) >= 11 is 1.92. The molecule has 0 saturated carbocycles. The van der Waals surface area contributed by atoms with Gasteiger partial charge in [0.25, 0.3) is 0 Å². The molecule has 2 saturated heterocycles. The first-order valence-electron chi connectivity index (χ1n) is 5.69. The molecule has 0 aromatic carbocycles. The zero-order chi connectivity index (χ0) is 12.0. The van der Waals surface area contributed by atoms with Crippen LogP contribution < -0.4 is 5.32 Å². The van der Waals surface area contributed by atoms with Crippen LogP contribution in [0.5, 0.6) is 0 Å². The van der Waals surface area contributed by atoms with Gasteiger partial charge in [-0.1, -0.05) is 0 Å². The van der Waals surface area contributed by atoms with Crippen LogP contribution in [0.4, 0.5) is 4.79 Å². The number of hydrogen-bond acceptors (Lipinski definition) is 4. The number of hydrogen-bond donors (Lipinski definition) is 1. The van der Waals surface area contributed by atoms with Gasteiger partial charge in [-0.15, -0.1) is 11.8 Å². The third-order valence-corrected chi connectivity index (χ3v) is 4.26. The number of rotatable bonds is 0. The molecule has 1 spiro atoms. The normalized spacial score (nSPS) is 28.0. The van der Waals surface area contributed by atoms with Gasteiger partial charge >= 0.3 is 6.09 Å². The van der Waals surface area contributed by atoms with E-state index in [0.29, 0.717) is 6.04 Å². The molecule has 16 heavy (non-hydrogen) atoms. The molecule has 5 heteroatoms. The molecule has 2 aliphatic rings. The molecule has 2 fully saturated rings. The summed E-state index contributed by atoms with van der Waals surface area (Å²) in [6, 6.07) is 0.547. The number of amides is 1. The number of likely N-dealkylation sites (tertiary alicyclic amines) is 1. The summed E-state index contributed by atoms with van der Waals surface area (Å²) in [4.78, 5) is 13.6.